The standard InChI is InChI=1S/C18H20N4O3/c1-21(11-13-9-20-22-7-6-19-10-15(13)22)17(23)16-8-12-4-2-3-5-14(12)18(24)25-16/h2-5,9,16,19H,6-8,10-11H2,1H3. The van der Waals surface area contributed by atoms with Gasteiger partial charge in [-0.1, -0.05) is 18.2 Å². The molecule has 0 radical (unpaired) electrons. The Morgan fingerprint density at radius 1 is 1.44 bits per heavy atom. The summed E-state index contributed by atoms with van der Waals surface area (Å²) in [4.78, 5) is 26.5. The maximum Gasteiger partial charge on any atom is 0.339 e. The number of benzene rings is 1. The molecule has 1 unspecified atom stereocenters. The van der Waals surface area contributed by atoms with Gasteiger partial charge in [0.1, 0.15) is 0 Å². The SMILES string of the molecule is CN(Cc1cnn2c1CNCC2)C(=O)C1Cc2ccccc2C(=O)O1. The molecule has 2 aliphatic rings. The van der Waals surface area contributed by atoms with Crippen LogP contribution in [0.4, 0.5) is 0 Å². The van der Waals surface area contributed by atoms with Crippen LogP contribution >= 0.6 is 0 Å². The van der Waals surface area contributed by atoms with Crippen molar-refractivity contribution >= 4 is 11.9 Å². The van der Waals surface area contributed by atoms with Crippen LogP contribution in [0.3, 0.4) is 0 Å². The van der Waals surface area contributed by atoms with Crippen molar-refractivity contribution in [3.8, 4) is 0 Å². The van der Waals surface area contributed by atoms with Gasteiger partial charge in [-0.15, -0.1) is 0 Å². The fourth-order valence-corrected chi connectivity index (χ4v) is 3.42. The van der Waals surface area contributed by atoms with Crippen LogP contribution in [-0.4, -0.2) is 46.3 Å². The van der Waals surface area contributed by atoms with Crippen LogP contribution in [0.5, 0.6) is 0 Å². The third kappa shape index (κ3) is 2.91. The zero-order valence-electron chi connectivity index (χ0n) is 14.1. The maximum absolute atomic E-state index is 12.8. The number of rotatable bonds is 3. The quantitative estimate of drug-likeness (QED) is 0.834. The minimum absolute atomic E-state index is 0.188. The zero-order chi connectivity index (χ0) is 17.4. The smallest absolute Gasteiger partial charge is 0.339 e. The number of carbonyl (C=O) groups excluding carboxylic acids is 2. The summed E-state index contributed by atoms with van der Waals surface area (Å²) in [6, 6.07) is 7.27. The van der Waals surface area contributed by atoms with Crippen molar-refractivity contribution in [3.05, 3.63) is 52.8 Å². The van der Waals surface area contributed by atoms with Crippen molar-refractivity contribution in [2.45, 2.75) is 32.2 Å². The van der Waals surface area contributed by atoms with E-state index in [-0.39, 0.29) is 5.91 Å². The lowest BCUT2D eigenvalue weighted by atomic mass is 9.98. The highest BCUT2D eigenvalue weighted by Crippen LogP contribution is 2.22. The van der Waals surface area contributed by atoms with Gasteiger partial charge in [-0.3, -0.25) is 9.48 Å². The lowest BCUT2D eigenvalue weighted by Gasteiger charge is -2.28. The number of amides is 1. The van der Waals surface area contributed by atoms with E-state index in [0.717, 1.165) is 36.5 Å². The lowest BCUT2D eigenvalue weighted by molar-refractivity contribution is -0.140. The van der Waals surface area contributed by atoms with E-state index in [1.165, 1.54) is 0 Å². The molecule has 7 nitrogen and oxygen atoms in total. The molecule has 130 valence electrons. The normalized spacial score (nSPS) is 18.9. The van der Waals surface area contributed by atoms with Crippen molar-refractivity contribution in [2.24, 2.45) is 0 Å². The first-order chi connectivity index (χ1) is 12.1. The summed E-state index contributed by atoms with van der Waals surface area (Å²) in [5, 5.41) is 7.69. The van der Waals surface area contributed by atoms with Crippen molar-refractivity contribution in [1.82, 2.24) is 20.0 Å². The number of hydrogen-bond donors (Lipinski definition) is 1. The van der Waals surface area contributed by atoms with E-state index < -0.39 is 12.1 Å². The van der Waals surface area contributed by atoms with Gasteiger partial charge in [0.25, 0.3) is 5.91 Å². The monoisotopic (exact) mass is 340 g/mol. The van der Waals surface area contributed by atoms with E-state index >= 15 is 0 Å². The van der Waals surface area contributed by atoms with Gasteiger partial charge in [-0.2, -0.15) is 5.10 Å². The summed E-state index contributed by atoms with van der Waals surface area (Å²) in [6.07, 6.45) is 1.46. The summed E-state index contributed by atoms with van der Waals surface area (Å²) in [5.41, 5.74) is 3.53. The predicted molar refractivity (Wildman–Crippen MR) is 89.8 cm³/mol. The molecule has 0 fully saturated rings. The molecule has 0 saturated carbocycles. The van der Waals surface area contributed by atoms with Crippen molar-refractivity contribution in [2.75, 3.05) is 13.6 Å². The summed E-state index contributed by atoms with van der Waals surface area (Å²) in [7, 11) is 1.73. The van der Waals surface area contributed by atoms with E-state index in [9.17, 15) is 9.59 Å². The zero-order valence-corrected chi connectivity index (χ0v) is 14.1. The number of nitrogens with one attached hydrogen (secondary N) is 1. The summed E-state index contributed by atoms with van der Waals surface area (Å²) < 4.78 is 7.34. The number of nitrogens with zero attached hydrogens (tertiary/aromatic N) is 3. The van der Waals surface area contributed by atoms with Gasteiger partial charge >= 0.3 is 5.97 Å². The molecule has 1 amide bonds. The molecule has 1 aromatic carbocycles. The number of hydrogen-bond acceptors (Lipinski definition) is 5. The molecular weight excluding hydrogens is 320 g/mol. The molecule has 0 saturated heterocycles. The van der Waals surface area contributed by atoms with Crippen LogP contribution < -0.4 is 5.32 Å². The number of ether oxygens (including phenoxy) is 1. The van der Waals surface area contributed by atoms with Crippen LogP contribution in [-0.2, 0) is 35.6 Å². The fourth-order valence-electron chi connectivity index (χ4n) is 3.42. The van der Waals surface area contributed by atoms with Crippen molar-refractivity contribution in [1.29, 1.82) is 0 Å². The van der Waals surface area contributed by atoms with E-state index in [1.807, 2.05) is 23.0 Å². The van der Waals surface area contributed by atoms with Crippen LogP contribution in [0, 0.1) is 0 Å². The van der Waals surface area contributed by atoms with Gasteiger partial charge in [-0.25, -0.2) is 4.79 Å². The Kier molecular flexibility index (Phi) is 4.01. The molecule has 0 bridgehead atoms. The summed E-state index contributed by atoms with van der Waals surface area (Å²) in [5.74, 6) is -0.618. The summed E-state index contributed by atoms with van der Waals surface area (Å²) >= 11 is 0. The number of fused-ring (bicyclic) bond motifs is 2. The van der Waals surface area contributed by atoms with Gasteiger partial charge in [0.05, 0.1) is 24.0 Å². The molecular formula is C18H20N4O3. The topological polar surface area (TPSA) is 76.5 Å². The van der Waals surface area contributed by atoms with Crippen LogP contribution in [0.1, 0.15) is 27.2 Å². The second kappa shape index (κ2) is 6.33. The molecule has 3 heterocycles. The molecule has 1 atom stereocenters. The first-order valence-corrected chi connectivity index (χ1v) is 8.41. The molecule has 7 heteroatoms. The Hall–Kier alpha value is -2.67. The van der Waals surface area contributed by atoms with Crippen LogP contribution in [0.15, 0.2) is 30.5 Å². The van der Waals surface area contributed by atoms with Crippen LogP contribution in [0.25, 0.3) is 0 Å². The number of aromatic nitrogens is 2. The average molecular weight is 340 g/mol. The van der Waals surface area contributed by atoms with Gasteiger partial charge < -0.3 is 15.0 Å². The Labute approximate surface area is 145 Å². The Morgan fingerprint density at radius 2 is 2.28 bits per heavy atom. The number of carbonyl (C=O) groups is 2. The Balaban J connectivity index is 1.48. The van der Waals surface area contributed by atoms with Crippen LogP contribution in [0.2, 0.25) is 0 Å². The molecule has 1 N–H and O–H groups in total. The molecule has 4 rings (SSSR count). The largest absolute Gasteiger partial charge is 0.448 e. The van der Waals surface area contributed by atoms with E-state index in [4.69, 9.17) is 4.74 Å². The highest BCUT2D eigenvalue weighted by molar-refractivity contribution is 5.95. The molecule has 2 aliphatic heterocycles. The van der Waals surface area contributed by atoms with E-state index in [1.54, 1.807) is 24.1 Å². The molecule has 0 spiro atoms. The highest BCUT2D eigenvalue weighted by Gasteiger charge is 2.33. The molecule has 1 aromatic heterocycles. The minimum Gasteiger partial charge on any atom is -0.448 e. The first-order valence-electron chi connectivity index (χ1n) is 8.41. The van der Waals surface area contributed by atoms with Crippen molar-refractivity contribution in [3.63, 3.8) is 0 Å². The second-order valence-corrected chi connectivity index (χ2v) is 6.47. The summed E-state index contributed by atoms with van der Waals surface area (Å²) in [6.45, 7) is 2.94. The van der Waals surface area contributed by atoms with Crippen molar-refractivity contribution < 1.29 is 14.3 Å². The van der Waals surface area contributed by atoms with E-state index in [2.05, 4.69) is 10.4 Å². The highest BCUT2D eigenvalue weighted by atomic mass is 16.5. The van der Waals surface area contributed by atoms with Gasteiger partial charge in [0, 0.05) is 38.7 Å². The minimum atomic E-state index is -0.767. The number of cyclic esters (lactones) is 1. The molecule has 0 aliphatic carbocycles. The number of esters is 1. The Morgan fingerprint density at radius 3 is 3.16 bits per heavy atom. The third-order valence-electron chi connectivity index (χ3n) is 4.78. The van der Waals surface area contributed by atoms with Gasteiger partial charge in [-0.05, 0) is 11.6 Å². The maximum atomic E-state index is 12.8. The average Bonchev–Trinajstić information content (AvgIpc) is 3.04. The van der Waals surface area contributed by atoms with Gasteiger partial charge in [0.15, 0.2) is 6.10 Å². The molecule has 25 heavy (non-hydrogen) atoms. The lowest BCUT2D eigenvalue weighted by Crippen LogP contribution is -2.42. The number of likely N-dealkylation sites (N-methyl/N-ethyl adjacent to an activating group) is 1. The Bertz CT molecular complexity index is 829. The first kappa shape index (κ1) is 15.8. The molecule has 2 aromatic rings. The fraction of sp³-hybridized carbons (Fsp3) is 0.389. The predicted octanol–water partition coefficient (Wildman–Crippen LogP) is 0.726. The second-order valence-electron chi connectivity index (χ2n) is 6.47. The van der Waals surface area contributed by atoms with Gasteiger partial charge in [0.2, 0.25) is 0 Å². The van der Waals surface area contributed by atoms with E-state index in [0.29, 0.717) is 18.5 Å². The third-order valence-corrected chi connectivity index (χ3v) is 4.78.